The van der Waals surface area contributed by atoms with Gasteiger partial charge in [-0.1, -0.05) is 30.2 Å². The minimum Gasteiger partial charge on any atom is -0.271 e. The maximum absolute atomic E-state index is 12.0. The predicted octanol–water partition coefficient (Wildman–Crippen LogP) is 2.26. The normalized spacial score (nSPS) is 15.7. The highest BCUT2D eigenvalue weighted by Crippen LogP contribution is 2.14. The Morgan fingerprint density at radius 2 is 1.95 bits per heavy atom. The van der Waals surface area contributed by atoms with Crippen molar-refractivity contribution in [3.05, 3.63) is 24.3 Å². The van der Waals surface area contributed by atoms with Gasteiger partial charge in [-0.2, -0.15) is 5.10 Å². The van der Waals surface area contributed by atoms with Crippen LogP contribution in [0.2, 0.25) is 0 Å². The van der Waals surface area contributed by atoms with Gasteiger partial charge in [0.15, 0.2) is 0 Å². The lowest BCUT2D eigenvalue weighted by Crippen LogP contribution is -2.25. The Morgan fingerprint density at radius 3 is 2.76 bits per heavy atom. The average molecular weight is 285 g/mol. The van der Waals surface area contributed by atoms with Gasteiger partial charge in [-0.15, -0.1) is 5.10 Å². The topological polar surface area (TPSA) is 72.2 Å². The Hall–Kier alpha value is -2.24. The second kappa shape index (κ2) is 6.47. The van der Waals surface area contributed by atoms with Crippen molar-refractivity contribution in [2.24, 2.45) is 5.10 Å². The first-order valence-electron chi connectivity index (χ1n) is 7.45. The fourth-order valence-electron chi connectivity index (χ4n) is 2.60. The number of aromatic nitrogens is 3. The highest BCUT2D eigenvalue weighted by atomic mass is 16.2. The quantitative estimate of drug-likeness (QED) is 0.694. The van der Waals surface area contributed by atoms with Gasteiger partial charge in [-0.25, -0.2) is 10.1 Å². The highest BCUT2D eigenvalue weighted by molar-refractivity contribution is 5.86. The minimum atomic E-state index is -0.164. The van der Waals surface area contributed by atoms with Crippen LogP contribution in [0.1, 0.15) is 38.5 Å². The first-order chi connectivity index (χ1) is 10.3. The van der Waals surface area contributed by atoms with Crippen molar-refractivity contribution in [2.75, 3.05) is 0 Å². The Labute approximate surface area is 123 Å². The van der Waals surface area contributed by atoms with Crippen LogP contribution < -0.4 is 5.43 Å². The average Bonchev–Trinajstić information content (AvgIpc) is 2.73. The van der Waals surface area contributed by atoms with Crippen LogP contribution in [0.15, 0.2) is 29.4 Å². The van der Waals surface area contributed by atoms with Crippen molar-refractivity contribution >= 4 is 22.7 Å². The molecule has 1 aliphatic rings. The van der Waals surface area contributed by atoms with Crippen molar-refractivity contribution in [1.29, 1.82) is 0 Å². The molecule has 1 heterocycles. The number of hydrogen-bond acceptors (Lipinski definition) is 4. The summed E-state index contributed by atoms with van der Waals surface area (Å²) < 4.78 is 1.60. The summed E-state index contributed by atoms with van der Waals surface area (Å²) in [6, 6.07) is 7.59. The molecule has 0 radical (unpaired) electrons. The SMILES string of the molecule is O=C(Cn1nnc2ccccc21)NN=C1CCCCCC1. The van der Waals surface area contributed by atoms with Crippen LogP contribution in [-0.4, -0.2) is 26.6 Å². The molecule has 1 aromatic heterocycles. The molecule has 0 spiro atoms. The monoisotopic (exact) mass is 285 g/mol. The first kappa shape index (κ1) is 13.7. The van der Waals surface area contributed by atoms with E-state index in [-0.39, 0.29) is 12.5 Å². The number of para-hydroxylation sites is 1. The molecule has 1 aromatic carbocycles. The number of rotatable bonds is 3. The maximum atomic E-state index is 12.0. The smallest absolute Gasteiger partial charge is 0.261 e. The number of hydrazone groups is 1. The molecule has 1 N–H and O–H groups in total. The summed E-state index contributed by atoms with van der Waals surface area (Å²) in [4.78, 5) is 12.0. The van der Waals surface area contributed by atoms with Crippen molar-refractivity contribution in [2.45, 2.75) is 45.1 Å². The summed E-state index contributed by atoms with van der Waals surface area (Å²) in [7, 11) is 0. The molecule has 110 valence electrons. The lowest BCUT2D eigenvalue weighted by Gasteiger charge is -2.04. The van der Waals surface area contributed by atoms with Crippen LogP contribution in [0.25, 0.3) is 11.0 Å². The zero-order chi connectivity index (χ0) is 14.5. The molecule has 3 rings (SSSR count). The largest absolute Gasteiger partial charge is 0.271 e. The van der Waals surface area contributed by atoms with Gasteiger partial charge in [0, 0.05) is 5.71 Å². The second-order valence-corrected chi connectivity index (χ2v) is 5.36. The van der Waals surface area contributed by atoms with E-state index >= 15 is 0 Å². The summed E-state index contributed by atoms with van der Waals surface area (Å²) in [5.41, 5.74) is 5.39. The van der Waals surface area contributed by atoms with E-state index in [1.54, 1.807) is 4.68 Å². The molecule has 1 amide bonds. The van der Waals surface area contributed by atoms with Gasteiger partial charge in [0.1, 0.15) is 12.1 Å². The fraction of sp³-hybridized carbons (Fsp3) is 0.467. The molecular formula is C15H19N5O. The minimum absolute atomic E-state index is 0.136. The molecule has 1 saturated carbocycles. The van der Waals surface area contributed by atoms with Gasteiger partial charge in [0.2, 0.25) is 0 Å². The molecule has 6 nitrogen and oxygen atoms in total. The molecule has 0 bridgehead atoms. The van der Waals surface area contributed by atoms with Crippen molar-refractivity contribution in [3.63, 3.8) is 0 Å². The van der Waals surface area contributed by atoms with E-state index in [0.29, 0.717) is 0 Å². The molecule has 0 aliphatic heterocycles. The summed E-state index contributed by atoms with van der Waals surface area (Å²) >= 11 is 0. The third-order valence-corrected chi connectivity index (χ3v) is 3.73. The van der Waals surface area contributed by atoms with E-state index in [2.05, 4.69) is 20.8 Å². The van der Waals surface area contributed by atoms with Gasteiger partial charge < -0.3 is 0 Å². The molecule has 0 unspecified atom stereocenters. The molecule has 0 saturated heterocycles. The van der Waals surface area contributed by atoms with E-state index in [9.17, 15) is 4.79 Å². The summed E-state index contributed by atoms with van der Waals surface area (Å²) in [5.74, 6) is -0.164. The van der Waals surface area contributed by atoms with E-state index in [1.165, 1.54) is 25.7 Å². The van der Waals surface area contributed by atoms with E-state index in [4.69, 9.17) is 0 Å². The van der Waals surface area contributed by atoms with Crippen LogP contribution in [0.5, 0.6) is 0 Å². The van der Waals surface area contributed by atoms with Crippen LogP contribution in [0.4, 0.5) is 0 Å². The Balaban J connectivity index is 1.62. The summed E-state index contributed by atoms with van der Waals surface area (Å²) in [6.45, 7) is 0.136. The number of amides is 1. The lowest BCUT2D eigenvalue weighted by molar-refractivity contribution is -0.121. The first-order valence-corrected chi connectivity index (χ1v) is 7.45. The number of fused-ring (bicyclic) bond motifs is 1. The Bertz CT molecular complexity index is 651. The van der Waals surface area contributed by atoms with Crippen LogP contribution >= 0.6 is 0 Å². The van der Waals surface area contributed by atoms with E-state index < -0.39 is 0 Å². The number of carbonyl (C=O) groups excluding carboxylic acids is 1. The van der Waals surface area contributed by atoms with Gasteiger partial charge in [-0.05, 0) is 37.8 Å². The molecule has 1 fully saturated rings. The molecule has 0 atom stereocenters. The molecule has 2 aromatic rings. The van der Waals surface area contributed by atoms with Gasteiger partial charge in [0.25, 0.3) is 5.91 Å². The van der Waals surface area contributed by atoms with Crippen LogP contribution in [0, 0.1) is 0 Å². The zero-order valence-electron chi connectivity index (χ0n) is 12.0. The van der Waals surface area contributed by atoms with Gasteiger partial charge in [0.05, 0.1) is 5.52 Å². The third-order valence-electron chi connectivity index (χ3n) is 3.73. The highest BCUT2D eigenvalue weighted by Gasteiger charge is 2.09. The van der Waals surface area contributed by atoms with Gasteiger partial charge >= 0.3 is 0 Å². The number of carbonyl (C=O) groups is 1. The Kier molecular flexibility index (Phi) is 4.23. The summed E-state index contributed by atoms with van der Waals surface area (Å²) in [5, 5.41) is 12.3. The van der Waals surface area contributed by atoms with Crippen LogP contribution in [-0.2, 0) is 11.3 Å². The van der Waals surface area contributed by atoms with Crippen LogP contribution in [0.3, 0.4) is 0 Å². The van der Waals surface area contributed by atoms with Crippen molar-refractivity contribution in [3.8, 4) is 0 Å². The van der Waals surface area contributed by atoms with Crippen molar-refractivity contribution in [1.82, 2.24) is 20.4 Å². The summed E-state index contributed by atoms with van der Waals surface area (Å²) in [6.07, 6.45) is 6.85. The number of benzene rings is 1. The standard InChI is InChI=1S/C15H19N5O/c21-15(18-16-12-7-3-1-2-4-8-12)11-20-14-10-6-5-9-13(14)17-19-20/h5-6,9-10H,1-4,7-8,11H2,(H,18,21). The number of hydrogen-bond donors (Lipinski definition) is 1. The molecule has 21 heavy (non-hydrogen) atoms. The maximum Gasteiger partial charge on any atom is 0.261 e. The molecule has 1 aliphatic carbocycles. The second-order valence-electron chi connectivity index (χ2n) is 5.36. The van der Waals surface area contributed by atoms with Crippen molar-refractivity contribution < 1.29 is 4.79 Å². The lowest BCUT2D eigenvalue weighted by atomic mass is 10.2. The van der Waals surface area contributed by atoms with Gasteiger partial charge in [-0.3, -0.25) is 4.79 Å². The number of nitrogens with one attached hydrogen (secondary N) is 1. The third kappa shape index (κ3) is 3.45. The predicted molar refractivity (Wildman–Crippen MR) is 80.8 cm³/mol. The molecule has 6 heteroatoms. The van der Waals surface area contributed by atoms with E-state index in [1.807, 2.05) is 24.3 Å². The fourth-order valence-corrected chi connectivity index (χ4v) is 2.60. The Morgan fingerprint density at radius 1 is 1.19 bits per heavy atom. The number of nitrogens with zero attached hydrogens (tertiary/aromatic N) is 4. The molecular weight excluding hydrogens is 266 g/mol. The van der Waals surface area contributed by atoms with E-state index in [0.717, 1.165) is 29.6 Å². The zero-order valence-corrected chi connectivity index (χ0v) is 12.0.